The number of hydrogen-bond donors (Lipinski definition) is 0. The maximum Gasteiger partial charge on any atom is 0.326 e. The molecular weight excluding hydrogens is 281 g/mol. The van der Waals surface area contributed by atoms with Crippen LogP contribution in [0.1, 0.15) is 12.8 Å². The lowest BCUT2D eigenvalue weighted by molar-refractivity contribution is 0.215. The normalized spacial score (nSPS) is 19.1. The molecule has 4 rings (SSSR count). The number of halogens is 1. The molecule has 1 saturated heterocycles. The first-order valence-electron chi connectivity index (χ1n) is 7.36. The Kier molecular flexibility index (Phi) is 2.73. The number of anilines is 1. The zero-order valence-electron chi connectivity index (χ0n) is 12.3. The van der Waals surface area contributed by atoms with Gasteiger partial charge in [0.1, 0.15) is 11.6 Å². The van der Waals surface area contributed by atoms with Crippen molar-refractivity contribution in [2.24, 2.45) is 0 Å². The van der Waals surface area contributed by atoms with Gasteiger partial charge in [0.25, 0.3) is 0 Å². The van der Waals surface area contributed by atoms with E-state index in [0.29, 0.717) is 12.4 Å². The number of carbonyl (C=O) groups is 1. The minimum absolute atomic E-state index is 0.00325. The Balaban J connectivity index is 1.61. The van der Waals surface area contributed by atoms with Crippen LogP contribution in [0.4, 0.5) is 15.0 Å². The summed E-state index contributed by atoms with van der Waals surface area (Å²) in [4.78, 5) is 20.3. The third kappa shape index (κ3) is 1.96. The van der Waals surface area contributed by atoms with Crippen molar-refractivity contribution in [3.63, 3.8) is 0 Å². The summed E-state index contributed by atoms with van der Waals surface area (Å²) < 4.78 is 13.3. The van der Waals surface area contributed by atoms with E-state index in [0.717, 1.165) is 24.0 Å². The summed E-state index contributed by atoms with van der Waals surface area (Å²) in [6, 6.07) is 10.1. The van der Waals surface area contributed by atoms with Gasteiger partial charge in [-0.25, -0.2) is 14.2 Å². The van der Waals surface area contributed by atoms with Crippen LogP contribution in [0.5, 0.6) is 0 Å². The number of hydrogen-bond acceptors (Lipinski definition) is 2. The molecule has 0 N–H and O–H groups in total. The fourth-order valence-electron chi connectivity index (χ4n) is 3.05. The minimum atomic E-state index is -0.270. The molecule has 1 saturated carbocycles. The molecule has 1 aliphatic carbocycles. The summed E-state index contributed by atoms with van der Waals surface area (Å²) in [7, 11) is 1.86. The van der Waals surface area contributed by atoms with E-state index in [9.17, 15) is 9.18 Å². The maximum atomic E-state index is 13.3. The predicted octanol–water partition coefficient (Wildman–Crippen LogP) is 3.29. The van der Waals surface area contributed by atoms with Gasteiger partial charge in [-0.1, -0.05) is 12.1 Å². The first kappa shape index (κ1) is 13.2. The van der Waals surface area contributed by atoms with Crippen LogP contribution in [0.15, 0.2) is 42.6 Å². The molecule has 1 aromatic carbocycles. The van der Waals surface area contributed by atoms with Crippen molar-refractivity contribution >= 4 is 11.8 Å². The van der Waals surface area contributed by atoms with E-state index >= 15 is 0 Å². The predicted molar refractivity (Wildman–Crippen MR) is 82.1 cm³/mol. The Bertz CT molecular complexity index is 740. The molecule has 1 aliphatic heterocycles. The van der Waals surface area contributed by atoms with Gasteiger partial charge in [-0.2, -0.15) is 0 Å². The van der Waals surface area contributed by atoms with Crippen molar-refractivity contribution in [1.29, 1.82) is 0 Å². The molecule has 2 aliphatic rings. The SMILES string of the molecule is CN1C(=O)N(c2ccc(-c3cccc(F)c3)cn2)CC12CC2. The average molecular weight is 297 g/mol. The van der Waals surface area contributed by atoms with Crippen LogP contribution in [-0.2, 0) is 0 Å². The highest BCUT2D eigenvalue weighted by atomic mass is 19.1. The van der Waals surface area contributed by atoms with Crippen molar-refractivity contribution < 1.29 is 9.18 Å². The molecule has 2 amide bonds. The van der Waals surface area contributed by atoms with Gasteiger partial charge in [0.15, 0.2) is 0 Å². The number of aromatic nitrogens is 1. The molecule has 0 radical (unpaired) electrons. The Hall–Kier alpha value is -2.43. The third-order valence-corrected chi connectivity index (χ3v) is 4.69. The lowest BCUT2D eigenvalue weighted by Crippen LogP contribution is -2.32. The van der Waals surface area contributed by atoms with Crippen molar-refractivity contribution in [3.05, 3.63) is 48.4 Å². The van der Waals surface area contributed by atoms with Gasteiger partial charge in [-0.15, -0.1) is 0 Å². The number of nitrogens with zero attached hydrogens (tertiary/aromatic N) is 3. The molecule has 22 heavy (non-hydrogen) atoms. The monoisotopic (exact) mass is 297 g/mol. The second kappa shape index (κ2) is 4.53. The standard InChI is InChI=1S/C17H16FN3O/c1-20-16(22)21(11-17(20)7-8-17)15-6-5-13(10-19-15)12-3-2-4-14(18)9-12/h2-6,9-10H,7-8,11H2,1H3. The van der Waals surface area contributed by atoms with E-state index in [1.165, 1.54) is 12.1 Å². The van der Waals surface area contributed by atoms with E-state index in [1.807, 2.05) is 30.1 Å². The zero-order chi connectivity index (χ0) is 15.3. The number of benzene rings is 1. The Morgan fingerprint density at radius 1 is 1.18 bits per heavy atom. The van der Waals surface area contributed by atoms with Gasteiger partial charge < -0.3 is 4.90 Å². The Morgan fingerprint density at radius 2 is 2.00 bits per heavy atom. The fraction of sp³-hybridized carbons (Fsp3) is 0.294. The quantitative estimate of drug-likeness (QED) is 0.853. The maximum absolute atomic E-state index is 13.3. The van der Waals surface area contributed by atoms with Crippen LogP contribution in [0, 0.1) is 5.82 Å². The smallest absolute Gasteiger partial charge is 0.320 e. The summed E-state index contributed by atoms with van der Waals surface area (Å²) in [5.41, 5.74) is 1.65. The van der Waals surface area contributed by atoms with Crippen LogP contribution in [-0.4, -0.2) is 35.0 Å². The van der Waals surface area contributed by atoms with Crippen molar-refractivity contribution in [2.45, 2.75) is 18.4 Å². The van der Waals surface area contributed by atoms with Crippen LogP contribution in [0.25, 0.3) is 11.1 Å². The second-order valence-corrected chi connectivity index (χ2v) is 6.07. The van der Waals surface area contributed by atoms with E-state index in [4.69, 9.17) is 0 Å². The fourth-order valence-corrected chi connectivity index (χ4v) is 3.05. The molecule has 2 aromatic rings. The van der Waals surface area contributed by atoms with E-state index in [-0.39, 0.29) is 17.4 Å². The molecule has 1 aromatic heterocycles. The molecule has 1 spiro atoms. The van der Waals surface area contributed by atoms with Crippen molar-refractivity contribution in [1.82, 2.24) is 9.88 Å². The zero-order valence-corrected chi connectivity index (χ0v) is 12.3. The van der Waals surface area contributed by atoms with Gasteiger partial charge in [0.2, 0.25) is 0 Å². The van der Waals surface area contributed by atoms with Gasteiger partial charge in [0.05, 0.1) is 12.1 Å². The first-order chi connectivity index (χ1) is 10.6. The van der Waals surface area contributed by atoms with E-state index < -0.39 is 0 Å². The lowest BCUT2D eigenvalue weighted by atomic mass is 10.1. The van der Waals surface area contributed by atoms with Crippen molar-refractivity contribution in [3.8, 4) is 11.1 Å². The lowest BCUT2D eigenvalue weighted by Gasteiger charge is -2.15. The molecule has 0 atom stereocenters. The second-order valence-electron chi connectivity index (χ2n) is 6.07. The Morgan fingerprint density at radius 3 is 2.59 bits per heavy atom. The molecule has 4 nitrogen and oxygen atoms in total. The summed E-state index contributed by atoms with van der Waals surface area (Å²) in [6.07, 6.45) is 3.81. The topological polar surface area (TPSA) is 36.4 Å². The van der Waals surface area contributed by atoms with Crippen LogP contribution in [0.3, 0.4) is 0 Å². The largest absolute Gasteiger partial charge is 0.326 e. The molecule has 112 valence electrons. The third-order valence-electron chi connectivity index (χ3n) is 4.69. The number of carbonyl (C=O) groups excluding carboxylic acids is 1. The number of pyridine rings is 1. The number of likely N-dealkylation sites (N-methyl/N-ethyl adjacent to an activating group) is 1. The van der Waals surface area contributed by atoms with Crippen LogP contribution in [0.2, 0.25) is 0 Å². The highest BCUT2D eigenvalue weighted by molar-refractivity contribution is 5.95. The van der Waals surface area contributed by atoms with Gasteiger partial charge in [-0.3, -0.25) is 4.90 Å². The van der Waals surface area contributed by atoms with Crippen LogP contribution >= 0.6 is 0 Å². The molecule has 2 fully saturated rings. The average Bonchev–Trinajstić information content (AvgIpc) is 3.28. The summed E-state index contributed by atoms with van der Waals surface area (Å²) in [6.45, 7) is 0.703. The van der Waals surface area contributed by atoms with E-state index in [1.54, 1.807) is 17.2 Å². The summed E-state index contributed by atoms with van der Waals surface area (Å²) >= 11 is 0. The van der Waals surface area contributed by atoms with Gasteiger partial charge in [0, 0.05) is 18.8 Å². The summed E-state index contributed by atoms with van der Waals surface area (Å²) in [5, 5.41) is 0. The number of amides is 2. The van der Waals surface area contributed by atoms with Gasteiger partial charge >= 0.3 is 6.03 Å². The molecule has 5 heteroatoms. The molecule has 0 bridgehead atoms. The summed E-state index contributed by atoms with van der Waals surface area (Å²) in [5.74, 6) is 0.384. The van der Waals surface area contributed by atoms with E-state index in [2.05, 4.69) is 4.98 Å². The molecule has 0 unspecified atom stereocenters. The van der Waals surface area contributed by atoms with Crippen LogP contribution < -0.4 is 4.90 Å². The Labute approximate surface area is 128 Å². The molecular formula is C17H16FN3O. The highest BCUT2D eigenvalue weighted by Gasteiger charge is 2.56. The highest BCUT2D eigenvalue weighted by Crippen LogP contribution is 2.46. The first-order valence-corrected chi connectivity index (χ1v) is 7.36. The number of urea groups is 1. The van der Waals surface area contributed by atoms with Crippen molar-refractivity contribution in [2.75, 3.05) is 18.5 Å². The minimum Gasteiger partial charge on any atom is -0.320 e. The van der Waals surface area contributed by atoms with Gasteiger partial charge in [-0.05, 0) is 42.7 Å². The number of rotatable bonds is 2. The molecule has 2 heterocycles.